The van der Waals surface area contributed by atoms with Gasteiger partial charge in [0.05, 0.1) is 24.6 Å². The van der Waals surface area contributed by atoms with Gasteiger partial charge in [0, 0.05) is 31.4 Å². The molecule has 1 saturated heterocycles. The van der Waals surface area contributed by atoms with Gasteiger partial charge in [0.2, 0.25) is 5.95 Å². The lowest BCUT2D eigenvalue weighted by molar-refractivity contribution is -0.0785. The summed E-state index contributed by atoms with van der Waals surface area (Å²) in [5, 5.41) is 3.43. The molecule has 4 heterocycles. The van der Waals surface area contributed by atoms with Crippen LogP contribution < -0.4 is 15.8 Å². The lowest BCUT2D eigenvalue weighted by atomic mass is 9.83. The van der Waals surface area contributed by atoms with Gasteiger partial charge in [-0.3, -0.25) is 4.79 Å². The molecule has 2 fully saturated rings. The molecule has 0 aromatic carbocycles. The fourth-order valence-electron chi connectivity index (χ4n) is 4.98. The molecule has 9 nitrogen and oxygen atoms in total. The zero-order valence-corrected chi connectivity index (χ0v) is 18.8. The standard InChI is InChI=1S/C23H31N7O2/c1-3-29-15-25-18-19(26-16(2)17-8-7-11-24-21(17)31)27-22(28-20(18)29)30-12-13-32-23(14-30)9-5-4-6-10-23/h7-8,11,15-16H,3-6,9-10,12-14H2,1-2H3,(H,24,31)(H,26,27,28). The number of aromatic amines is 1. The quantitative estimate of drug-likeness (QED) is 0.632. The average molecular weight is 438 g/mol. The second-order valence-corrected chi connectivity index (χ2v) is 8.91. The van der Waals surface area contributed by atoms with Gasteiger partial charge in [0.25, 0.3) is 5.56 Å². The summed E-state index contributed by atoms with van der Waals surface area (Å²) in [5.74, 6) is 1.34. The van der Waals surface area contributed by atoms with E-state index in [1.807, 2.05) is 23.6 Å². The van der Waals surface area contributed by atoms with Crippen LogP contribution in [0, 0.1) is 0 Å². The van der Waals surface area contributed by atoms with Gasteiger partial charge in [-0.2, -0.15) is 9.97 Å². The van der Waals surface area contributed by atoms with Gasteiger partial charge in [-0.25, -0.2) is 4.98 Å². The molecule has 1 aliphatic carbocycles. The number of pyridine rings is 1. The highest BCUT2D eigenvalue weighted by molar-refractivity contribution is 5.84. The number of imidazole rings is 1. The zero-order chi connectivity index (χ0) is 22.1. The van der Waals surface area contributed by atoms with Gasteiger partial charge < -0.3 is 24.5 Å². The van der Waals surface area contributed by atoms with Crippen molar-refractivity contribution < 1.29 is 4.74 Å². The van der Waals surface area contributed by atoms with Gasteiger partial charge in [-0.15, -0.1) is 0 Å². The van der Waals surface area contributed by atoms with E-state index in [2.05, 4.69) is 27.1 Å². The normalized spacial score (nSPS) is 19.4. The van der Waals surface area contributed by atoms with Crippen molar-refractivity contribution in [2.75, 3.05) is 29.9 Å². The lowest BCUT2D eigenvalue weighted by Crippen LogP contribution is -2.53. The summed E-state index contributed by atoms with van der Waals surface area (Å²) in [4.78, 5) is 31.7. The Balaban J connectivity index is 1.51. The number of H-pyrrole nitrogens is 1. The average Bonchev–Trinajstić information content (AvgIpc) is 3.23. The van der Waals surface area contributed by atoms with E-state index in [-0.39, 0.29) is 17.2 Å². The minimum absolute atomic E-state index is 0.0853. The van der Waals surface area contributed by atoms with E-state index in [1.54, 1.807) is 12.5 Å². The minimum Gasteiger partial charge on any atom is -0.371 e. The number of anilines is 2. The first-order valence-electron chi connectivity index (χ1n) is 11.6. The summed E-state index contributed by atoms with van der Waals surface area (Å²) in [5.41, 5.74) is 1.99. The molecule has 1 atom stereocenters. The third-order valence-corrected chi connectivity index (χ3v) is 6.76. The van der Waals surface area contributed by atoms with E-state index in [4.69, 9.17) is 14.7 Å². The summed E-state index contributed by atoms with van der Waals surface area (Å²) in [6.45, 7) is 7.07. The number of morpholine rings is 1. The fourth-order valence-corrected chi connectivity index (χ4v) is 4.98. The van der Waals surface area contributed by atoms with Gasteiger partial charge in [-0.05, 0) is 32.8 Å². The van der Waals surface area contributed by atoms with E-state index >= 15 is 0 Å². The van der Waals surface area contributed by atoms with E-state index in [0.29, 0.717) is 23.9 Å². The molecule has 170 valence electrons. The number of rotatable bonds is 5. The first-order chi connectivity index (χ1) is 15.6. The largest absolute Gasteiger partial charge is 0.371 e. The molecule has 32 heavy (non-hydrogen) atoms. The van der Waals surface area contributed by atoms with Crippen molar-refractivity contribution in [1.82, 2.24) is 24.5 Å². The van der Waals surface area contributed by atoms with Crippen LogP contribution in [-0.4, -0.2) is 49.8 Å². The van der Waals surface area contributed by atoms with Crippen LogP contribution in [0.1, 0.15) is 57.6 Å². The Morgan fingerprint density at radius 3 is 2.91 bits per heavy atom. The number of hydrogen-bond acceptors (Lipinski definition) is 7. The smallest absolute Gasteiger partial charge is 0.253 e. The Labute approximate surface area is 187 Å². The van der Waals surface area contributed by atoms with Crippen LogP contribution in [0.15, 0.2) is 29.5 Å². The second kappa shape index (κ2) is 8.54. The van der Waals surface area contributed by atoms with Crippen LogP contribution in [0.4, 0.5) is 11.8 Å². The summed E-state index contributed by atoms with van der Waals surface area (Å²) in [6, 6.07) is 3.43. The molecule has 2 N–H and O–H groups in total. The van der Waals surface area contributed by atoms with Crippen LogP contribution in [-0.2, 0) is 11.3 Å². The molecule has 5 rings (SSSR count). The van der Waals surface area contributed by atoms with E-state index in [9.17, 15) is 4.79 Å². The van der Waals surface area contributed by atoms with Crippen molar-refractivity contribution in [2.45, 2.75) is 64.1 Å². The van der Waals surface area contributed by atoms with Crippen molar-refractivity contribution in [1.29, 1.82) is 0 Å². The third-order valence-electron chi connectivity index (χ3n) is 6.76. The highest BCUT2D eigenvalue weighted by Gasteiger charge is 2.38. The van der Waals surface area contributed by atoms with E-state index in [1.165, 1.54) is 19.3 Å². The molecule has 0 amide bonds. The number of hydrogen-bond donors (Lipinski definition) is 2. The first-order valence-corrected chi connectivity index (χ1v) is 11.6. The Morgan fingerprint density at radius 2 is 2.12 bits per heavy atom. The summed E-state index contributed by atoms with van der Waals surface area (Å²) in [7, 11) is 0. The van der Waals surface area contributed by atoms with Crippen LogP contribution in [0.5, 0.6) is 0 Å². The van der Waals surface area contributed by atoms with Crippen LogP contribution in [0.25, 0.3) is 11.2 Å². The molecule has 9 heteroatoms. The molecule has 1 spiro atoms. The second-order valence-electron chi connectivity index (χ2n) is 8.91. The fraction of sp³-hybridized carbons (Fsp3) is 0.565. The molecule has 3 aromatic rings. The van der Waals surface area contributed by atoms with Gasteiger partial charge in [-0.1, -0.05) is 25.3 Å². The zero-order valence-electron chi connectivity index (χ0n) is 18.8. The maximum atomic E-state index is 12.3. The summed E-state index contributed by atoms with van der Waals surface area (Å²) in [6.07, 6.45) is 9.35. The third kappa shape index (κ3) is 3.85. The Bertz CT molecular complexity index is 1140. The minimum atomic E-state index is -0.230. The highest BCUT2D eigenvalue weighted by Crippen LogP contribution is 2.36. The van der Waals surface area contributed by atoms with Crippen molar-refractivity contribution in [3.8, 4) is 0 Å². The first kappa shape index (κ1) is 20.9. The topological polar surface area (TPSA) is 101 Å². The Morgan fingerprint density at radius 1 is 1.28 bits per heavy atom. The van der Waals surface area contributed by atoms with Crippen LogP contribution in [0.3, 0.4) is 0 Å². The molecule has 0 radical (unpaired) electrons. The number of ether oxygens (including phenoxy) is 1. The van der Waals surface area contributed by atoms with Gasteiger partial charge in [0.15, 0.2) is 17.0 Å². The number of nitrogens with one attached hydrogen (secondary N) is 2. The Kier molecular flexibility index (Phi) is 5.58. The number of aromatic nitrogens is 5. The van der Waals surface area contributed by atoms with Gasteiger partial charge in [0.1, 0.15) is 0 Å². The number of fused-ring (bicyclic) bond motifs is 1. The molecule has 1 saturated carbocycles. The van der Waals surface area contributed by atoms with Crippen LogP contribution in [0.2, 0.25) is 0 Å². The number of aryl methyl sites for hydroxylation is 1. The predicted octanol–water partition coefficient (Wildman–Crippen LogP) is 3.25. The van der Waals surface area contributed by atoms with Crippen molar-refractivity contribution in [3.63, 3.8) is 0 Å². The molecule has 1 unspecified atom stereocenters. The predicted molar refractivity (Wildman–Crippen MR) is 124 cm³/mol. The van der Waals surface area contributed by atoms with Crippen LogP contribution >= 0.6 is 0 Å². The summed E-state index contributed by atoms with van der Waals surface area (Å²) < 4.78 is 8.30. The van der Waals surface area contributed by atoms with E-state index in [0.717, 1.165) is 43.6 Å². The molecular formula is C23H31N7O2. The monoisotopic (exact) mass is 437 g/mol. The van der Waals surface area contributed by atoms with Crippen molar-refractivity contribution in [3.05, 3.63) is 40.6 Å². The molecule has 2 aliphatic rings. The highest BCUT2D eigenvalue weighted by atomic mass is 16.5. The molecule has 1 aliphatic heterocycles. The Hall–Kier alpha value is -2.94. The van der Waals surface area contributed by atoms with E-state index < -0.39 is 0 Å². The van der Waals surface area contributed by atoms with Crippen molar-refractivity contribution in [2.24, 2.45) is 0 Å². The molecule has 0 bridgehead atoms. The molecular weight excluding hydrogens is 406 g/mol. The SMILES string of the molecule is CCn1cnc2c(NC(C)c3ccc[nH]c3=O)nc(N3CCOC4(CCCCC4)C3)nc21. The molecule has 3 aromatic heterocycles. The van der Waals surface area contributed by atoms with Crippen molar-refractivity contribution >= 4 is 22.9 Å². The summed E-state index contributed by atoms with van der Waals surface area (Å²) >= 11 is 0. The lowest BCUT2D eigenvalue weighted by Gasteiger charge is -2.45. The van der Waals surface area contributed by atoms with Gasteiger partial charge >= 0.3 is 0 Å². The number of nitrogens with zero attached hydrogens (tertiary/aromatic N) is 5. The maximum absolute atomic E-state index is 12.3. The maximum Gasteiger partial charge on any atom is 0.253 e.